The predicted octanol–water partition coefficient (Wildman–Crippen LogP) is 1.25. The van der Waals surface area contributed by atoms with Crippen molar-refractivity contribution in [2.45, 2.75) is 25.4 Å². The molecule has 0 aliphatic carbocycles. The first-order chi connectivity index (χ1) is 7.25. The SMILES string of the molecule is O=C1NCCCC1NCc1ccc(I)o1. The van der Waals surface area contributed by atoms with Gasteiger partial charge in [0.15, 0.2) is 3.77 Å². The number of hydrogen-bond acceptors (Lipinski definition) is 3. The van der Waals surface area contributed by atoms with Crippen LogP contribution in [0.1, 0.15) is 18.6 Å². The van der Waals surface area contributed by atoms with E-state index in [0.29, 0.717) is 6.54 Å². The standard InChI is InChI=1S/C10H13IN2O2/c11-9-4-3-7(15-9)6-13-8-2-1-5-12-10(8)14/h3-4,8,13H,1-2,5-6H2,(H,12,14). The summed E-state index contributed by atoms with van der Waals surface area (Å²) >= 11 is 2.13. The third-order valence-electron chi connectivity index (χ3n) is 2.44. The van der Waals surface area contributed by atoms with Gasteiger partial charge in [-0.1, -0.05) is 0 Å². The van der Waals surface area contributed by atoms with E-state index < -0.39 is 0 Å². The Bertz CT molecular complexity index is 351. The number of piperidine rings is 1. The van der Waals surface area contributed by atoms with E-state index in [1.807, 2.05) is 12.1 Å². The number of nitrogens with one attached hydrogen (secondary N) is 2. The minimum absolute atomic E-state index is 0.0680. The molecule has 1 aromatic heterocycles. The summed E-state index contributed by atoms with van der Waals surface area (Å²) in [5, 5.41) is 6.03. The Balaban J connectivity index is 1.84. The zero-order valence-electron chi connectivity index (χ0n) is 8.25. The Morgan fingerprint density at radius 1 is 1.60 bits per heavy atom. The van der Waals surface area contributed by atoms with Crippen molar-refractivity contribution in [2.75, 3.05) is 6.54 Å². The molecule has 82 valence electrons. The lowest BCUT2D eigenvalue weighted by molar-refractivity contribution is -0.124. The molecule has 5 heteroatoms. The van der Waals surface area contributed by atoms with Crippen LogP contribution < -0.4 is 10.6 Å². The maximum absolute atomic E-state index is 11.4. The zero-order valence-corrected chi connectivity index (χ0v) is 10.4. The second kappa shape index (κ2) is 4.98. The molecular weight excluding hydrogens is 307 g/mol. The van der Waals surface area contributed by atoms with E-state index in [1.165, 1.54) is 0 Å². The van der Waals surface area contributed by atoms with Gasteiger partial charge in [0, 0.05) is 6.54 Å². The number of rotatable bonds is 3. The fourth-order valence-corrected chi connectivity index (χ4v) is 2.10. The normalized spacial score (nSPS) is 21.4. The average molecular weight is 320 g/mol. The molecule has 2 N–H and O–H groups in total. The lowest BCUT2D eigenvalue weighted by Gasteiger charge is -2.22. The first kappa shape index (κ1) is 10.9. The Labute approximate surface area is 102 Å². The van der Waals surface area contributed by atoms with Crippen LogP contribution >= 0.6 is 22.6 Å². The largest absolute Gasteiger partial charge is 0.454 e. The average Bonchev–Trinajstić information content (AvgIpc) is 2.63. The maximum atomic E-state index is 11.4. The second-order valence-electron chi connectivity index (χ2n) is 3.57. The minimum atomic E-state index is -0.0680. The molecule has 1 unspecified atom stereocenters. The highest BCUT2D eigenvalue weighted by Crippen LogP contribution is 2.11. The van der Waals surface area contributed by atoms with Crippen molar-refractivity contribution in [3.63, 3.8) is 0 Å². The number of furan rings is 1. The molecule has 0 saturated carbocycles. The first-order valence-electron chi connectivity index (χ1n) is 5.01. The van der Waals surface area contributed by atoms with Crippen molar-refractivity contribution < 1.29 is 9.21 Å². The van der Waals surface area contributed by atoms with Crippen molar-refractivity contribution >= 4 is 28.5 Å². The Hall–Kier alpha value is -0.560. The minimum Gasteiger partial charge on any atom is -0.454 e. The molecule has 1 saturated heterocycles. The van der Waals surface area contributed by atoms with E-state index >= 15 is 0 Å². The molecule has 1 aromatic rings. The molecule has 1 fully saturated rings. The summed E-state index contributed by atoms with van der Waals surface area (Å²) in [6.45, 7) is 1.41. The quantitative estimate of drug-likeness (QED) is 0.825. The van der Waals surface area contributed by atoms with E-state index in [0.717, 1.165) is 28.9 Å². The summed E-state index contributed by atoms with van der Waals surface area (Å²) in [7, 11) is 0. The molecule has 2 rings (SSSR count). The maximum Gasteiger partial charge on any atom is 0.237 e. The van der Waals surface area contributed by atoms with Gasteiger partial charge in [-0.15, -0.1) is 0 Å². The molecular formula is C10H13IN2O2. The van der Waals surface area contributed by atoms with Crippen LogP contribution in [0, 0.1) is 3.77 Å². The molecule has 4 nitrogen and oxygen atoms in total. The lowest BCUT2D eigenvalue weighted by atomic mass is 10.1. The van der Waals surface area contributed by atoms with Gasteiger partial charge in [-0.2, -0.15) is 0 Å². The van der Waals surface area contributed by atoms with Crippen LogP contribution in [0.25, 0.3) is 0 Å². The number of halogens is 1. The zero-order chi connectivity index (χ0) is 10.7. The van der Waals surface area contributed by atoms with Gasteiger partial charge < -0.3 is 9.73 Å². The van der Waals surface area contributed by atoms with E-state index in [9.17, 15) is 4.79 Å². The highest BCUT2D eigenvalue weighted by molar-refractivity contribution is 14.1. The van der Waals surface area contributed by atoms with Crippen LogP contribution in [-0.2, 0) is 11.3 Å². The van der Waals surface area contributed by atoms with Gasteiger partial charge in [-0.3, -0.25) is 10.1 Å². The number of amides is 1. The van der Waals surface area contributed by atoms with Crippen LogP contribution in [0.3, 0.4) is 0 Å². The van der Waals surface area contributed by atoms with Gasteiger partial charge >= 0.3 is 0 Å². The molecule has 1 amide bonds. The Kier molecular flexibility index (Phi) is 3.63. The van der Waals surface area contributed by atoms with Gasteiger partial charge in [-0.05, 0) is 47.6 Å². The third kappa shape index (κ3) is 2.94. The summed E-state index contributed by atoms with van der Waals surface area (Å²) in [6, 6.07) is 3.77. The summed E-state index contributed by atoms with van der Waals surface area (Å²) in [6.07, 6.45) is 1.95. The molecule has 0 spiro atoms. The fourth-order valence-electron chi connectivity index (χ4n) is 1.64. The van der Waals surface area contributed by atoms with Crippen molar-refractivity contribution in [2.24, 2.45) is 0 Å². The monoisotopic (exact) mass is 320 g/mol. The van der Waals surface area contributed by atoms with Gasteiger partial charge in [0.25, 0.3) is 0 Å². The predicted molar refractivity (Wildman–Crippen MR) is 64.3 cm³/mol. The van der Waals surface area contributed by atoms with Crippen LogP contribution in [0.15, 0.2) is 16.5 Å². The Morgan fingerprint density at radius 2 is 2.47 bits per heavy atom. The highest BCUT2D eigenvalue weighted by Gasteiger charge is 2.21. The number of carbonyl (C=O) groups excluding carboxylic acids is 1. The van der Waals surface area contributed by atoms with Gasteiger partial charge in [0.2, 0.25) is 5.91 Å². The molecule has 0 bridgehead atoms. The topological polar surface area (TPSA) is 54.3 Å². The van der Waals surface area contributed by atoms with Crippen molar-refractivity contribution in [3.8, 4) is 0 Å². The van der Waals surface area contributed by atoms with Crippen LogP contribution in [-0.4, -0.2) is 18.5 Å². The molecule has 1 aliphatic heterocycles. The van der Waals surface area contributed by atoms with Crippen molar-refractivity contribution in [1.82, 2.24) is 10.6 Å². The summed E-state index contributed by atoms with van der Waals surface area (Å²) < 4.78 is 6.27. The summed E-state index contributed by atoms with van der Waals surface area (Å²) in [5.41, 5.74) is 0. The molecule has 15 heavy (non-hydrogen) atoms. The summed E-state index contributed by atoms with van der Waals surface area (Å²) in [4.78, 5) is 11.4. The fraction of sp³-hybridized carbons (Fsp3) is 0.500. The number of hydrogen-bond donors (Lipinski definition) is 2. The Morgan fingerprint density at radius 3 is 3.13 bits per heavy atom. The molecule has 2 heterocycles. The molecule has 0 aromatic carbocycles. The van der Waals surface area contributed by atoms with Crippen LogP contribution in [0.2, 0.25) is 0 Å². The summed E-state index contributed by atoms with van der Waals surface area (Å²) in [5.74, 6) is 0.972. The lowest BCUT2D eigenvalue weighted by Crippen LogP contribution is -2.47. The first-order valence-corrected chi connectivity index (χ1v) is 6.09. The van der Waals surface area contributed by atoms with E-state index in [4.69, 9.17) is 4.42 Å². The van der Waals surface area contributed by atoms with Crippen molar-refractivity contribution in [3.05, 3.63) is 21.7 Å². The highest BCUT2D eigenvalue weighted by atomic mass is 127. The van der Waals surface area contributed by atoms with Gasteiger partial charge in [0.1, 0.15) is 5.76 Å². The number of carbonyl (C=O) groups is 1. The van der Waals surface area contributed by atoms with Crippen molar-refractivity contribution in [1.29, 1.82) is 0 Å². The molecule has 1 atom stereocenters. The van der Waals surface area contributed by atoms with E-state index in [2.05, 4.69) is 33.2 Å². The van der Waals surface area contributed by atoms with Gasteiger partial charge in [-0.25, -0.2) is 0 Å². The molecule has 1 aliphatic rings. The van der Waals surface area contributed by atoms with E-state index in [-0.39, 0.29) is 11.9 Å². The van der Waals surface area contributed by atoms with Crippen LogP contribution in [0.4, 0.5) is 0 Å². The van der Waals surface area contributed by atoms with E-state index in [1.54, 1.807) is 0 Å². The van der Waals surface area contributed by atoms with Gasteiger partial charge in [0.05, 0.1) is 12.6 Å². The molecule has 0 radical (unpaired) electrons. The second-order valence-corrected chi connectivity index (χ2v) is 4.64. The smallest absolute Gasteiger partial charge is 0.237 e. The van der Waals surface area contributed by atoms with Crippen LogP contribution in [0.5, 0.6) is 0 Å². The third-order valence-corrected chi connectivity index (χ3v) is 3.02.